The number of H-pyrrole nitrogens is 1. The van der Waals surface area contributed by atoms with E-state index in [0.29, 0.717) is 11.3 Å². The Labute approximate surface area is 115 Å². The van der Waals surface area contributed by atoms with Crippen LogP contribution >= 0.6 is 0 Å². The van der Waals surface area contributed by atoms with E-state index in [-0.39, 0.29) is 11.0 Å². The second-order valence-electron chi connectivity index (χ2n) is 7.70. The highest BCUT2D eigenvalue weighted by molar-refractivity contribution is 5.14. The molecule has 0 aromatic carbocycles. The summed E-state index contributed by atoms with van der Waals surface area (Å²) < 4.78 is 0. The zero-order chi connectivity index (χ0) is 14.3. The Morgan fingerprint density at radius 3 is 2.37 bits per heavy atom. The molecule has 0 unspecified atom stereocenters. The molecule has 3 heteroatoms. The van der Waals surface area contributed by atoms with Crippen LogP contribution in [-0.2, 0) is 5.41 Å². The monoisotopic (exact) mass is 262 g/mol. The molecule has 19 heavy (non-hydrogen) atoms. The quantitative estimate of drug-likeness (QED) is 0.837. The summed E-state index contributed by atoms with van der Waals surface area (Å²) in [5, 5.41) is 0. The smallest absolute Gasteiger partial charge is 0.251 e. The predicted octanol–water partition coefficient (Wildman–Crippen LogP) is 3.75. The minimum absolute atomic E-state index is 0.0141. The molecule has 1 aromatic heterocycles. The van der Waals surface area contributed by atoms with Crippen LogP contribution in [0.2, 0.25) is 0 Å². The molecule has 106 valence electrons. The van der Waals surface area contributed by atoms with Gasteiger partial charge in [-0.25, -0.2) is 4.98 Å². The maximum atomic E-state index is 11.8. The van der Waals surface area contributed by atoms with E-state index in [1.807, 2.05) is 0 Å². The first-order valence-electron chi connectivity index (χ1n) is 7.29. The zero-order valence-corrected chi connectivity index (χ0v) is 12.8. The zero-order valence-electron chi connectivity index (χ0n) is 12.8. The van der Waals surface area contributed by atoms with E-state index in [1.54, 1.807) is 6.07 Å². The van der Waals surface area contributed by atoms with Crippen LogP contribution in [0.15, 0.2) is 10.9 Å². The Morgan fingerprint density at radius 1 is 1.26 bits per heavy atom. The second-order valence-corrected chi connectivity index (χ2v) is 7.70. The maximum absolute atomic E-state index is 11.8. The Kier molecular flexibility index (Phi) is 3.59. The van der Waals surface area contributed by atoms with Crippen LogP contribution in [0.1, 0.15) is 77.7 Å². The van der Waals surface area contributed by atoms with E-state index in [9.17, 15) is 4.79 Å². The Balaban J connectivity index is 2.27. The summed E-state index contributed by atoms with van der Waals surface area (Å²) >= 11 is 0. The number of aromatic nitrogens is 2. The van der Waals surface area contributed by atoms with Gasteiger partial charge in [-0.3, -0.25) is 4.79 Å². The van der Waals surface area contributed by atoms with Gasteiger partial charge >= 0.3 is 0 Å². The lowest BCUT2D eigenvalue weighted by Gasteiger charge is -2.34. The van der Waals surface area contributed by atoms with Crippen molar-refractivity contribution in [3.8, 4) is 0 Å². The van der Waals surface area contributed by atoms with Crippen molar-refractivity contribution in [3.05, 3.63) is 27.9 Å². The third kappa shape index (κ3) is 3.46. The SMILES string of the molecule is CC1(C)CCC(c2nc(C(C)(C)C)cc(=O)[nH]2)CC1. The summed E-state index contributed by atoms with van der Waals surface area (Å²) in [6.45, 7) is 10.9. The van der Waals surface area contributed by atoms with Crippen molar-refractivity contribution in [2.75, 3.05) is 0 Å². The Morgan fingerprint density at radius 2 is 1.84 bits per heavy atom. The van der Waals surface area contributed by atoms with Gasteiger partial charge in [0.25, 0.3) is 5.56 Å². The molecule has 1 heterocycles. The molecule has 3 nitrogen and oxygen atoms in total. The highest BCUT2D eigenvalue weighted by Gasteiger charge is 2.29. The van der Waals surface area contributed by atoms with Crippen molar-refractivity contribution in [2.45, 2.75) is 71.6 Å². The molecule has 2 rings (SSSR count). The lowest BCUT2D eigenvalue weighted by Crippen LogP contribution is -2.26. The van der Waals surface area contributed by atoms with Crippen molar-refractivity contribution >= 4 is 0 Å². The largest absolute Gasteiger partial charge is 0.310 e. The first-order valence-corrected chi connectivity index (χ1v) is 7.29. The van der Waals surface area contributed by atoms with Gasteiger partial charge in [-0.1, -0.05) is 34.6 Å². The van der Waals surface area contributed by atoms with Crippen molar-refractivity contribution in [3.63, 3.8) is 0 Å². The maximum Gasteiger partial charge on any atom is 0.251 e. The van der Waals surface area contributed by atoms with Crippen LogP contribution in [0, 0.1) is 5.41 Å². The molecule has 0 atom stereocenters. The summed E-state index contributed by atoms with van der Waals surface area (Å²) in [6, 6.07) is 1.64. The normalized spacial score (nSPS) is 20.5. The van der Waals surface area contributed by atoms with Crippen molar-refractivity contribution in [1.82, 2.24) is 9.97 Å². The van der Waals surface area contributed by atoms with Crippen LogP contribution in [-0.4, -0.2) is 9.97 Å². The van der Waals surface area contributed by atoms with Gasteiger partial charge in [0.05, 0.1) is 5.69 Å². The molecule has 0 bridgehead atoms. The topological polar surface area (TPSA) is 45.8 Å². The number of aromatic amines is 1. The third-order valence-corrected chi connectivity index (χ3v) is 4.25. The Bertz CT molecular complexity index is 498. The van der Waals surface area contributed by atoms with Crippen molar-refractivity contribution in [2.24, 2.45) is 5.41 Å². The van der Waals surface area contributed by atoms with Crippen LogP contribution < -0.4 is 5.56 Å². The molecule has 0 amide bonds. The summed E-state index contributed by atoms with van der Waals surface area (Å²) in [7, 11) is 0. The van der Waals surface area contributed by atoms with Crippen LogP contribution in [0.4, 0.5) is 0 Å². The van der Waals surface area contributed by atoms with Gasteiger partial charge in [0, 0.05) is 17.4 Å². The summed E-state index contributed by atoms with van der Waals surface area (Å²) in [5.74, 6) is 1.32. The molecule has 0 radical (unpaired) electrons. The van der Waals surface area contributed by atoms with E-state index in [1.165, 1.54) is 12.8 Å². The molecule has 0 saturated heterocycles. The molecule has 1 saturated carbocycles. The Hall–Kier alpha value is -1.12. The van der Waals surface area contributed by atoms with E-state index in [0.717, 1.165) is 24.4 Å². The van der Waals surface area contributed by atoms with Crippen molar-refractivity contribution < 1.29 is 0 Å². The summed E-state index contributed by atoms with van der Waals surface area (Å²) in [6.07, 6.45) is 4.68. The molecule has 1 fully saturated rings. The van der Waals surface area contributed by atoms with Crippen LogP contribution in [0.25, 0.3) is 0 Å². The van der Waals surface area contributed by atoms with Gasteiger partial charge < -0.3 is 4.98 Å². The highest BCUT2D eigenvalue weighted by atomic mass is 16.1. The molecule has 0 aliphatic heterocycles. The second kappa shape index (κ2) is 4.77. The molecular weight excluding hydrogens is 236 g/mol. The first-order chi connectivity index (χ1) is 8.67. The van der Waals surface area contributed by atoms with Crippen LogP contribution in [0.3, 0.4) is 0 Å². The molecule has 0 spiro atoms. The van der Waals surface area contributed by atoms with Gasteiger partial charge in [-0.2, -0.15) is 0 Å². The van der Waals surface area contributed by atoms with E-state index >= 15 is 0 Å². The molecule has 1 aliphatic rings. The number of hydrogen-bond acceptors (Lipinski definition) is 2. The van der Waals surface area contributed by atoms with E-state index in [4.69, 9.17) is 4.98 Å². The average Bonchev–Trinajstić information content (AvgIpc) is 2.26. The predicted molar refractivity (Wildman–Crippen MR) is 78.5 cm³/mol. The van der Waals surface area contributed by atoms with Gasteiger partial charge in [0.1, 0.15) is 5.82 Å². The van der Waals surface area contributed by atoms with E-state index < -0.39 is 0 Å². The number of hydrogen-bond donors (Lipinski definition) is 1. The number of nitrogens with one attached hydrogen (secondary N) is 1. The molecule has 1 aliphatic carbocycles. The minimum atomic E-state index is -0.0725. The lowest BCUT2D eigenvalue weighted by molar-refractivity contribution is 0.220. The molecule has 1 aromatic rings. The van der Waals surface area contributed by atoms with Crippen molar-refractivity contribution in [1.29, 1.82) is 0 Å². The highest BCUT2D eigenvalue weighted by Crippen LogP contribution is 2.41. The first kappa shape index (κ1) is 14.3. The summed E-state index contributed by atoms with van der Waals surface area (Å²) in [4.78, 5) is 19.5. The summed E-state index contributed by atoms with van der Waals surface area (Å²) in [5.41, 5.74) is 1.26. The standard InChI is InChI=1S/C16H26N2O/c1-15(2,3)12-10-13(19)18-14(17-12)11-6-8-16(4,5)9-7-11/h10-11H,6-9H2,1-5H3,(H,17,18,19). The van der Waals surface area contributed by atoms with Crippen LogP contribution in [0.5, 0.6) is 0 Å². The number of rotatable bonds is 1. The number of nitrogens with zero attached hydrogens (tertiary/aromatic N) is 1. The minimum Gasteiger partial charge on any atom is -0.310 e. The lowest BCUT2D eigenvalue weighted by atomic mass is 9.73. The fourth-order valence-corrected chi connectivity index (χ4v) is 2.73. The van der Waals surface area contributed by atoms with Gasteiger partial charge in [0.2, 0.25) is 0 Å². The fourth-order valence-electron chi connectivity index (χ4n) is 2.73. The van der Waals surface area contributed by atoms with Gasteiger partial charge in [0.15, 0.2) is 0 Å². The van der Waals surface area contributed by atoms with Gasteiger partial charge in [-0.05, 0) is 31.1 Å². The molecular formula is C16H26N2O. The molecule has 1 N–H and O–H groups in total. The average molecular weight is 262 g/mol. The van der Waals surface area contributed by atoms with E-state index in [2.05, 4.69) is 39.6 Å². The van der Waals surface area contributed by atoms with Gasteiger partial charge in [-0.15, -0.1) is 0 Å². The fraction of sp³-hybridized carbons (Fsp3) is 0.750. The third-order valence-electron chi connectivity index (χ3n) is 4.25.